The Balaban J connectivity index is 1.49. The van der Waals surface area contributed by atoms with E-state index in [1.165, 1.54) is 12.1 Å². The highest BCUT2D eigenvalue weighted by molar-refractivity contribution is 5.94. The van der Waals surface area contributed by atoms with Gasteiger partial charge in [0, 0.05) is 32.2 Å². The number of piperazine rings is 1. The Morgan fingerprint density at radius 3 is 2.45 bits per heavy atom. The van der Waals surface area contributed by atoms with Crippen molar-refractivity contribution in [3.8, 4) is 0 Å². The van der Waals surface area contributed by atoms with Crippen LogP contribution < -0.4 is 5.32 Å². The summed E-state index contributed by atoms with van der Waals surface area (Å²) in [5.74, 6) is -0.713. The van der Waals surface area contributed by atoms with Gasteiger partial charge in [-0.2, -0.15) is 0 Å². The molecule has 1 N–H and O–H groups in total. The number of halogens is 1. The maximum absolute atomic E-state index is 13.7. The maximum atomic E-state index is 13.7. The molecular formula is C16H20FN3O2. The van der Waals surface area contributed by atoms with E-state index >= 15 is 0 Å². The monoisotopic (exact) mass is 305 g/mol. The van der Waals surface area contributed by atoms with Crippen molar-refractivity contribution in [3.05, 3.63) is 35.6 Å². The first kappa shape index (κ1) is 15.0. The van der Waals surface area contributed by atoms with Crippen LogP contribution in [-0.4, -0.2) is 60.4 Å². The Kier molecular flexibility index (Phi) is 4.38. The summed E-state index contributed by atoms with van der Waals surface area (Å²) in [6, 6.07) is 6.41. The van der Waals surface area contributed by atoms with Crippen LogP contribution in [0.1, 0.15) is 23.2 Å². The van der Waals surface area contributed by atoms with Crippen LogP contribution in [-0.2, 0) is 4.79 Å². The van der Waals surface area contributed by atoms with Gasteiger partial charge >= 0.3 is 0 Å². The van der Waals surface area contributed by atoms with Crippen molar-refractivity contribution in [2.24, 2.45) is 0 Å². The minimum Gasteiger partial charge on any atom is -0.352 e. The molecule has 1 saturated heterocycles. The van der Waals surface area contributed by atoms with Crippen molar-refractivity contribution in [2.45, 2.75) is 18.9 Å². The molecule has 0 atom stereocenters. The predicted octanol–water partition coefficient (Wildman–Crippen LogP) is 0.862. The molecule has 3 rings (SSSR count). The minimum absolute atomic E-state index is 0.0522. The van der Waals surface area contributed by atoms with Crippen LogP contribution in [0, 0.1) is 5.82 Å². The molecule has 2 aliphatic rings. The molecule has 2 amide bonds. The molecule has 1 aromatic carbocycles. The number of benzene rings is 1. The fraction of sp³-hybridized carbons (Fsp3) is 0.500. The van der Waals surface area contributed by atoms with Gasteiger partial charge in [0.05, 0.1) is 12.1 Å². The fourth-order valence-corrected chi connectivity index (χ4v) is 2.62. The summed E-state index contributed by atoms with van der Waals surface area (Å²) < 4.78 is 13.7. The zero-order valence-electron chi connectivity index (χ0n) is 12.4. The van der Waals surface area contributed by atoms with Gasteiger partial charge in [-0.1, -0.05) is 12.1 Å². The summed E-state index contributed by atoms with van der Waals surface area (Å²) in [7, 11) is 0. The Bertz CT molecular complexity index is 566. The molecule has 1 aromatic rings. The van der Waals surface area contributed by atoms with Gasteiger partial charge in [-0.25, -0.2) is 4.39 Å². The van der Waals surface area contributed by atoms with Crippen LogP contribution in [0.2, 0.25) is 0 Å². The normalized spacial score (nSPS) is 19.0. The summed E-state index contributed by atoms with van der Waals surface area (Å²) >= 11 is 0. The number of rotatable bonds is 4. The Hall–Kier alpha value is -1.95. The van der Waals surface area contributed by atoms with Gasteiger partial charge in [-0.05, 0) is 25.0 Å². The topological polar surface area (TPSA) is 52.7 Å². The van der Waals surface area contributed by atoms with E-state index in [1.54, 1.807) is 17.0 Å². The van der Waals surface area contributed by atoms with Crippen molar-refractivity contribution in [3.63, 3.8) is 0 Å². The van der Waals surface area contributed by atoms with E-state index in [9.17, 15) is 14.0 Å². The van der Waals surface area contributed by atoms with Crippen LogP contribution in [0.15, 0.2) is 24.3 Å². The van der Waals surface area contributed by atoms with E-state index < -0.39 is 5.82 Å². The Morgan fingerprint density at radius 1 is 1.14 bits per heavy atom. The fourth-order valence-electron chi connectivity index (χ4n) is 2.62. The molecule has 22 heavy (non-hydrogen) atoms. The van der Waals surface area contributed by atoms with Crippen molar-refractivity contribution in [1.29, 1.82) is 0 Å². The van der Waals surface area contributed by atoms with Gasteiger partial charge in [0.2, 0.25) is 5.91 Å². The van der Waals surface area contributed by atoms with Gasteiger partial charge in [0.25, 0.3) is 5.91 Å². The third-order valence-corrected chi connectivity index (χ3v) is 4.07. The Morgan fingerprint density at radius 2 is 1.82 bits per heavy atom. The number of amides is 2. The van der Waals surface area contributed by atoms with Gasteiger partial charge in [-0.3, -0.25) is 14.5 Å². The first-order chi connectivity index (χ1) is 10.6. The Labute approximate surface area is 129 Å². The van der Waals surface area contributed by atoms with Crippen molar-refractivity contribution >= 4 is 11.8 Å². The van der Waals surface area contributed by atoms with Crippen LogP contribution in [0.5, 0.6) is 0 Å². The zero-order chi connectivity index (χ0) is 15.5. The lowest BCUT2D eigenvalue weighted by Crippen LogP contribution is -2.51. The second kappa shape index (κ2) is 6.44. The van der Waals surface area contributed by atoms with E-state index in [0.29, 0.717) is 38.8 Å². The molecule has 0 radical (unpaired) electrons. The number of nitrogens with one attached hydrogen (secondary N) is 1. The zero-order valence-corrected chi connectivity index (χ0v) is 12.4. The number of hydrogen-bond donors (Lipinski definition) is 1. The van der Waals surface area contributed by atoms with Crippen LogP contribution in [0.3, 0.4) is 0 Å². The average molecular weight is 305 g/mol. The van der Waals surface area contributed by atoms with Crippen molar-refractivity contribution in [1.82, 2.24) is 15.1 Å². The molecule has 1 heterocycles. The first-order valence-corrected chi connectivity index (χ1v) is 7.69. The van der Waals surface area contributed by atoms with Gasteiger partial charge in [-0.15, -0.1) is 0 Å². The molecule has 0 aromatic heterocycles. The minimum atomic E-state index is -0.487. The molecule has 0 spiro atoms. The molecular weight excluding hydrogens is 285 g/mol. The van der Waals surface area contributed by atoms with E-state index in [1.807, 2.05) is 4.90 Å². The SMILES string of the molecule is O=C(CN1CCN(C(=O)c2ccccc2F)CC1)NC1CC1. The van der Waals surface area contributed by atoms with E-state index in [0.717, 1.165) is 12.8 Å². The number of nitrogens with zero attached hydrogens (tertiary/aromatic N) is 2. The summed E-state index contributed by atoms with van der Waals surface area (Å²) in [6.07, 6.45) is 2.16. The molecule has 0 unspecified atom stereocenters. The lowest BCUT2D eigenvalue weighted by molar-refractivity contribution is -0.122. The average Bonchev–Trinajstić information content (AvgIpc) is 3.31. The lowest BCUT2D eigenvalue weighted by Gasteiger charge is -2.34. The highest BCUT2D eigenvalue weighted by Gasteiger charge is 2.27. The first-order valence-electron chi connectivity index (χ1n) is 7.69. The number of carbonyl (C=O) groups excluding carboxylic acids is 2. The van der Waals surface area contributed by atoms with Gasteiger partial charge in [0.15, 0.2) is 0 Å². The summed E-state index contributed by atoms with van der Waals surface area (Å²) in [4.78, 5) is 27.7. The number of carbonyl (C=O) groups is 2. The van der Waals surface area contributed by atoms with Crippen LogP contribution in [0.4, 0.5) is 4.39 Å². The third-order valence-electron chi connectivity index (χ3n) is 4.07. The smallest absolute Gasteiger partial charge is 0.256 e. The van der Waals surface area contributed by atoms with E-state index in [4.69, 9.17) is 0 Å². The standard InChI is InChI=1S/C16H20FN3O2/c17-14-4-2-1-3-13(14)16(22)20-9-7-19(8-10-20)11-15(21)18-12-5-6-12/h1-4,12H,5-11H2,(H,18,21). The molecule has 1 saturated carbocycles. The summed E-state index contributed by atoms with van der Waals surface area (Å²) in [5, 5.41) is 2.96. The molecule has 0 bridgehead atoms. The molecule has 2 fully saturated rings. The van der Waals surface area contributed by atoms with Crippen molar-refractivity contribution < 1.29 is 14.0 Å². The van der Waals surface area contributed by atoms with Crippen LogP contribution in [0.25, 0.3) is 0 Å². The molecule has 1 aliphatic carbocycles. The molecule has 1 aliphatic heterocycles. The number of hydrogen-bond acceptors (Lipinski definition) is 3. The van der Waals surface area contributed by atoms with E-state index in [-0.39, 0.29) is 17.4 Å². The third kappa shape index (κ3) is 3.62. The quantitative estimate of drug-likeness (QED) is 0.898. The summed E-state index contributed by atoms with van der Waals surface area (Å²) in [6.45, 7) is 2.68. The van der Waals surface area contributed by atoms with Gasteiger partial charge < -0.3 is 10.2 Å². The van der Waals surface area contributed by atoms with Crippen LogP contribution >= 0.6 is 0 Å². The molecule has 118 valence electrons. The summed E-state index contributed by atoms with van der Waals surface area (Å²) in [5.41, 5.74) is 0.113. The predicted molar refractivity (Wildman–Crippen MR) is 79.9 cm³/mol. The second-order valence-electron chi connectivity index (χ2n) is 5.89. The van der Waals surface area contributed by atoms with E-state index in [2.05, 4.69) is 5.32 Å². The van der Waals surface area contributed by atoms with Gasteiger partial charge in [0.1, 0.15) is 5.82 Å². The second-order valence-corrected chi connectivity index (χ2v) is 5.89. The lowest BCUT2D eigenvalue weighted by atomic mass is 10.1. The maximum Gasteiger partial charge on any atom is 0.256 e. The van der Waals surface area contributed by atoms with Crippen molar-refractivity contribution in [2.75, 3.05) is 32.7 Å². The largest absolute Gasteiger partial charge is 0.352 e. The molecule has 6 heteroatoms. The molecule has 5 nitrogen and oxygen atoms in total. The highest BCUT2D eigenvalue weighted by atomic mass is 19.1. The highest BCUT2D eigenvalue weighted by Crippen LogP contribution is 2.18.